The van der Waals surface area contributed by atoms with E-state index in [1.54, 1.807) is 0 Å². The maximum absolute atomic E-state index is 5.70. The van der Waals surface area contributed by atoms with E-state index in [0.717, 1.165) is 35.8 Å². The molecule has 2 saturated heterocycles. The maximum Gasteiger partial charge on any atom is 0.120 e. The van der Waals surface area contributed by atoms with Crippen molar-refractivity contribution in [3.8, 4) is 11.5 Å². The fraction of sp³-hybridized carbons (Fsp3) is 0.300. The van der Waals surface area contributed by atoms with Crippen LogP contribution in [0.1, 0.15) is 11.1 Å². The lowest BCUT2D eigenvalue weighted by atomic mass is 10.1. The quantitative estimate of drug-likeness (QED) is 0.551. The first kappa shape index (κ1) is 15.2. The first-order valence-corrected chi connectivity index (χ1v) is 8.22. The summed E-state index contributed by atoms with van der Waals surface area (Å²) in [5, 5.41) is 0. The summed E-state index contributed by atoms with van der Waals surface area (Å²) in [6.07, 6.45) is 4.72. The number of hydrogen-bond donors (Lipinski definition) is 0. The van der Waals surface area contributed by atoms with Gasteiger partial charge in [-0.05, 0) is 35.4 Å². The van der Waals surface area contributed by atoms with Crippen LogP contribution in [0.5, 0.6) is 11.5 Å². The highest BCUT2D eigenvalue weighted by Gasteiger charge is 2.23. The summed E-state index contributed by atoms with van der Waals surface area (Å²) in [7, 11) is 0. The minimum atomic E-state index is 0.274. The standard InChI is InChI=1S/C20H20O4/c1-2-16(10-18(3-1)22-12-20-14-24-20)5-4-15-6-8-17(9-7-15)21-11-19-13-23-19/h1-10,19-20H,11-14H2. The Morgan fingerprint density at radius 3 is 2.08 bits per heavy atom. The van der Waals surface area contributed by atoms with Crippen LogP contribution in [0.3, 0.4) is 0 Å². The topological polar surface area (TPSA) is 43.5 Å². The smallest absolute Gasteiger partial charge is 0.120 e. The van der Waals surface area contributed by atoms with Crippen LogP contribution >= 0.6 is 0 Å². The van der Waals surface area contributed by atoms with Gasteiger partial charge in [0.05, 0.1) is 13.2 Å². The summed E-state index contributed by atoms with van der Waals surface area (Å²) in [5.74, 6) is 1.75. The van der Waals surface area contributed by atoms with Crippen molar-refractivity contribution >= 4 is 12.2 Å². The first-order valence-electron chi connectivity index (χ1n) is 8.22. The van der Waals surface area contributed by atoms with Crippen molar-refractivity contribution in [2.75, 3.05) is 26.4 Å². The Bertz CT molecular complexity index is 700. The monoisotopic (exact) mass is 324 g/mol. The molecule has 0 radical (unpaired) electrons. The molecule has 2 aliphatic heterocycles. The van der Waals surface area contributed by atoms with Crippen LogP contribution in [0.2, 0.25) is 0 Å². The van der Waals surface area contributed by atoms with E-state index >= 15 is 0 Å². The molecule has 24 heavy (non-hydrogen) atoms. The van der Waals surface area contributed by atoms with E-state index in [0.29, 0.717) is 13.2 Å². The van der Waals surface area contributed by atoms with Crippen molar-refractivity contribution < 1.29 is 18.9 Å². The molecule has 2 aliphatic rings. The Balaban J connectivity index is 1.33. The van der Waals surface area contributed by atoms with Gasteiger partial charge < -0.3 is 18.9 Å². The van der Waals surface area contributed by atoms with Gasteiger partial charge in [-0.3, -0.25) is 0 Å². The summed E-state index contributed by atoms with van der Waals surface area (Å²) in [6, 6.07) is 16.1. The second-order valence-corrected chi connectivity index (χ2v) is 6.01. The van der Waals surface area contributed by atoms with E-state index in [1.165, 1.54) is 0 Å². The SMILES string of the molecule is C(=Cc1cccc(OCC2CO2)c1)c1ccc(OCC2CO2)cc1. The highest BCUT2D eigenvalue weighted by Crippen LogP contribution is 2.20. The summed E-state index contributed by atoms with van der Waals surface area (Å²) < 4.78 is 21.6. The van der Waals surface area contributed by atoms with Crippen LogP contribution in [0, 0.1) is 0 Å². The molecule has 2 aromatic rings. The van der Waals surface area contributed by atoms with Crippen LogP contribution in [-0.2, 0) is 9.47 Å². The Hall–Kier alpha value is -2.30. The molecule has 0 amide bonds. The molecule has 4 nitrogen and oxygen atoms in total. The van der Waals surface area contributed by atoms with Crippen LogP contribution in [0.15, 0.2) is 48.5 Å². The molecule has 0 spiro atoms. The van der Waals surface area contributed by atoms with Crippen molar-refractivity contribution in [3.63, 3.8) is 0 Å². The summed E-state index contributed by atoms with van der Waals surface area (Å²) in [5.41, 5.74) is 2.23. The number of hydrogen-bond acceptors (Lipinski definition) is 4. The lowest BCUT2D eigenvalue weighted by Gasteiger charge is -2.05. The van der Waals surface area contributed by atoms with Crippen LogP contribution < -0.4 is 9.47 Å². The number of benzene rings is 2. The van der Waals surface area contributed by atoms with Crippen molar-refractivity contribution in [2.24, 2.45) is 0 Å². The van der Waals surface area contributed by atoms with Gasteiger partial charge in [-0.25, -0.2) is 0 Å². The zero-order chi connectivity index (χ0) is 16.2. The Labute approximate surface area is 141 Å². The summed E-state index contributed by atoms with van der Waals surface area (Å²) in [6.45, 7) is 2.89. The van der Waals surface area contributed by atoms with E-state index in [2.05, 4.69) is 18.2 Å². The van der Waals surface area contributed by atoms with Crippen molar-refractivity contribution in [1.29, 1.82) is 0 Å². The van der Waals surface area contributed by atoms with Gasteiger partial charge >= 0.3 is 0 Å². The first-order chi connectivity index (χ1) is 11.8. The maximum atomic E-state index is 5.70. The minimum absolute atomic E-state index is 0.274. The average molecular weight is 324 g/mol. The molecule has 2 aromatic carbocycles. The molecule has 2 heterocycles. The van der Waals surface area contributed by atoms with Crippen molar-refractivity contribution in [3.05, 3.63) is 59.7 Å². The highest BCUT2D eigenvalue weighted by molar-refractivity contribution is 5.70. The molecule has 4 rings (SSSR count). The predicted molar refractivity (Wildman–Crippen MR) is 92.3 cm³/mol. The van der Waals surface area contributed by atoms with Gasteiger partial charge in [0.15, 0.2) is 0 Å². The van der Waals surface area contributed by atoms with Gasteiger partial charge in [-0.15, -0.1) is 0 Å². The van der Waals surface area contributed by atoms with Gasteiger partial charge in [-0.2, -0.15) is 0 Å². The Morgan fingerprint density at radius 2 is 1.42 bits per heavy atom. The number of ether oxygens (including phenoxy) is 4. The van der Waals surface area contributed by atoms with Gasteiger partial charge in [0, 0.05) is 0 Å². The third kappa shape index (κ3) is 4.60. The van der Waals surface area contributed by atoms with E-state index < -0.39 is 0 Å². The molecule has 0 aliphatic carbocycles. The predicted octanol–water partition coefficient (Wildman–Crippen LogP) is 3.41. The fourth-order valence-electron chi connectivity index (χ4n) is 2.28. The lowest BCUT2D eigenvalue weighted by molar-refractivity contribution is 0.263. The van der Waals surface area contributed by atoms with Crippen LogP contribution in [0.25, 0.3) is 12.2 Å². The van der Waals surface area contributed by atoms with Crippen molar-refractivity contribution in [2.45, 2.75) is 12.2 Å². The summed E-state index contributed by atoms with van der Waals surface area (Å²) >= 11 is 0. The molecule has 2 fully saturated rings. The zero-order valence-corrected chi connectivity index (χ0v) is 13.4. The lowest BCUT2D eigenvalue weighted by Crippen LogP contribution is -2.03. The molecular weight excluding hydrogens is 304 g/mol. The minimum Gasteiger partial charge on any atom is -0.491 e. The van der Waals surface area contributed by atoms with Crippen LogP contribution in [0.4, 0.5) is 0 Å². The summed E-state index contributed by atoms with van der Waals surface area (Å²) in [4.78, 5) is 0. The third-order valence-electron chi connectivity index (χ3n) is 3.88. The van der Waals surface area contributed by atoms with Gasteiger partial charge in [0.1, 0.15) is 36.9 Å². The molecule has 0 N–H and O–H groups in total. The number of rotatable bonds is 8. The Kier molecular flexibility index (Phi) is 4.49. The van der Waals surface area contributed by atoms with E-state index in [-0.39, 0.29) is 12.2 Å². The van der Waals surface area contributed by atoms with E-state index in [1.807, 2.05) is 42.5 Å². The molecule has 4 heteroatoms. The molecule has 0 aromatic heterocycles. The van der Waals surface area contributed by atoms with E-state index in [4.69, 9.17) is 18.9 Å². The zero-order valence-electron chi connectivity index (χ0n) is 13.4. The molecule has 124 valence electrons. The molecule has 0 saturated carbocycles. The second kappa shape index (κ2) is 7.07. The highest BCUT2D eigenvalue weighted by atomic mass is 16.6. The normalized spacial score (nSPS) is 21.7. The molecule has 0 bridgehead atoms. The van der Waals surface area contributed by atoms with Gasteiger partial charge in [0.25, 0.3) is 0 Å². The average Bonchev–Trinajstić information content (AvgIpc) is 3.52. The van der Waals surface area contributed by atoms with E-state index in [9.17, 15) is 0 Å². The van der Waals surface area contributed by atoms with Crippen LogP contribution in [-0.4, -0.2) is 38.6 Å². The molecule has 2 atom stereocenters. The fourth-order valence-corrected chi connectivity index (χ4v) is 2.28. The van der Waals surface area contributed by atoms with Crippen molar-refractivity contribution in [1.82, 2.24) is 0 Å². The van der Waals surface area contributed by atoms with Gasteiger partial charge in [0.2, 0.25) is 0 Å². The Morgan fingerprint density at radius 1 is 0.792 bits per heavy atom. The third-order valence-corrected chi connectivity index (χ3v) is 3.88. The molecular formula is C20H20O4. The number of epoxide rings is 2. The largest absolute Gasteiger partial charge is 0.491 e. The molecule has 2 unspecified atom stereocenters. The van der Waals surface area contributed by atoms with Gasteiger partial charge in [-0.1, -0.05) is 36.4 Å². The second-order valence-electron chi connectivity index (χ2n) is 6.01.